The largest absolute Gasteiger partial charge is 0.388 e. The molecule has 116 valence electrons. The number of nitrogens with one attached hydrogen (secondary N) is 2. The summed E-state index contributed by atoms with van der Waals surface area (Å²) < 4.78 is 26.3. The lowest BCUT2D eigenvalue weighted by molar-refractivity contribution is -0.136. The van der Waals surface area contributed by atoms with Crippen LogP contribution in [0.15, 0.2) is 18.2 Å². The van der Waals surface area contributed by atoms with Gasteiger partial charge in [-0.15, -0.1) is 0 Å². The molecule has 0 saturated heterocycles. The first kappa shape index (κ1) is 17.0. The van der Waals surface area contributed by atoms with Gasteiger partial charge in [-0.1, -0.05) is 13.8 Å². The Hall–Kier alpha value is -2.02. The number of hydrogen-bond donors (Lipinski definition) is 3. The number of carbonyl (C=O) groups excluding carboxylic acids is 2. The van der Waals surface area contributed by atoms with Crippen molar-refractivity contribution in [2.45, 2.75) is 32.3 Å². The molecule has 1 aromatic carbocycles. The summed E-state index contributed by atoms with van der Waals surface area (Å²) in [5.74, 6) is -3.75. The second kappa shape index (κ2) is 7.12. The van der Waals surface area contributed by atoms with E-state index < -0.39 is 34.7 Å². The van der Waals surface area contributed by atoms with Crippen molar-refractivity contribution < 1.29 is 23.5 Å². The number of amides is 2. The Morgan fingerprint density at radius 2 is 1.81 bits per heavy atom. The molecule has 0 atom stereocenters. The third-order valence-electron chi connectivity index (χ3n) is 3.28. The summed E-state index contributed by atoms with van der Waals surface area (Å²) in [6.45, 7) is 3.40. The van der Waals surface area contributed by atoms with Gasteiger partial charge in [-0.3, -0.25) is 9.59 Å². The van der Waals surface area contributed by atoms with Crippen molar-refractivity contribution in [3.63, 3.8) is 0 Å². The molecular formula is C14H18F2N2O3. The van der Waals surface area contributed by atoms with Crippen molar-refractivity contribution in [3.8, 4) is 0 Å². The molecule has 1 rings (SSSR count). The molecule has 2 amide bonds. The van der Waals surface area contributed by atoms with Crippen LogP contribution in [0.1, 0.15) is 26.7 Å². The van der Waals surface area contributed by atoms with Crippen molar-refractivity contribution in [1.29, 1.82) is 0 Å². The lowest BCUT2D eigenvalue weighted by Gasteiger charge is -2.25. The summed E-state index contributed by atoms with van der Waals surface area (Å²) in [6, 6.07) is 2.51. The number of aliphatic hydroxyl groups is 1. The molecule has 0 heterocycles. The molecule has 5 nitrogen and oxygen atoms in total. The molecule has 7 heteroatoms. The van der Waals surface area contributed by atoms with E-state index in [1.54, 1.807) is 13.8 Å². The normalized spacial score (nSPS) is 11.1. The Morgan fingerprint density at radius 1 is 1.19 bits per heavy atom. The highest BCUT2D eigenvalue weighted by molar-refractivity contribution is 6.39. The zero-order chi connectivity index (χ0) is 16.0. The fraction of sp³-hybridized carbons (Fsp3) is 0.429. The molecular weight excluding hydrogens is 282 g/mol. The second-order valence-electron chi connectivity index (χ2n) is 4.69. The molecule has 0 bridgehead atoms. The number of rotatable bonds is 5. The average Bonchev–Trinajstić information content (AvgIpc) is 2.48. The standard InChI is InChI=1S/C14H18F2N2O3/c1-3-14(21,4-2)8-17-12(19)13(20)18-11-7-9(15)5-6-10(11)16/h5-7,21H,3-4,8H2,1-2H3,(H,17,19)(H,18,20). The predicted octanol–water partition coefficient (Wildman–Crippen LogP) is 1.57. The lowest BCUT2D eigenvalue weighted by Crippen LogP contribution is -2.45. The molecule has 0 saturated carbocycles. The predicted molar refractivity (Wildman–Crippen MR) is 73.5 cm³/mol. The third-order valence-corrected chi connectivity index (χ3v) is 3.28. The van der Waals surface area contributed by atoms with Gasteiger partial charge in [0.25, 0.3) is 0 Å². The summed E-state index contributed by atoms with van der Waals surface area (Å²) in [6.07, 6.45) is 0.813. The van der Waals surface area contributed by atoms with Gasteiger partial charge in [0.05, 0.1) is 11.3 Å². The van der Waals surface area contributed by atoms with Gasteiger partial charge in [0.2, 0.25) is 0 Å². The first-order valence-corrected chi connectivity index (χ1v) is 6.58. The van der Waals surface area contributed by atoms with Crippen LogP contribution in [0.25, 0.3) is 0 Å². The molecule has 0 aliphatic carbocycles. The van der Waals surface area contributed by atoms with Gasteiger partial charge in [-0.05, 0) is 25.0 Å². The first-order valence-electron chi connectivity index (χ1n) is 6.58. The summed E-state index contributed by atoms with van der Waals surface area (Å²) in [5.41, 5.74) is -1.52. The minimum absolute atomic E-state index is 0.0993. The van der Waals surface area contributed by atoms with Gasteiger partial charge < -0.3 is 15.7 Å². The minimum Gasteiger partial charge on any atom is -0.388 e. The quantitative estimate of drug-likeness (QED) is 0.722. The van der Waals surface area contributed by atoms with Gasteiger partial charge in [0.1, 0.15) is 11.6 Å². The summed E-state index contributed by atoms with van der Waals surface area (Å²) in [7, 11) is 0. The number of anilines is 1. The van der Waals surface area contributed by atoms with E-state index in [4.69, 9.17) is 0 Å². The summed E-state index contributed by atoms with van der Waals surface area (Å²) >= 11 is 0. The third kappa shape index (κ3) is 4.78. The van der Waals surface area contributed by atoms with E-state index in [1.807, 2.05) is 5.32 Å². The van der Waals surface area contributed by atoms with Gasteiger partial charge in [0, 0.05) is 12.6 Å². The lowest BCUT2D eigenvalue weighted by atomic mass is 9.98. The zero-order valence-corrected chi connectivity index (χ0v) is 11.9. The van der Waals surface area contributed by atoms with E-state index in [9.17, 15) is 23.5 Å². The van der Waals surface area contributed by atoms with Crippen molar-refractivity contribution in [2.24, 2.45) is 0 Å². The Labute approximate surface area is 121 Å². The minimum atomic E-state index is -1.13. The number of hydrogen-bond acceptors (Lipinski definition) is 3. The van der Waals surface area contributed by atoms with Crippen LogP contribution in [-0.2, 0) is 9.59 Å². The monoisotopic (exact) mass is 300 g/mol. The molecule has 0 unspecified atom stereocenters. The molecule has 1 aromatic rings. The maximum Gasteiger partial charge on any atom is 0.313 e. The van der Waals surface area contributed by atoms with Crippen molar-refractivity contribution in [1.82, 2.24) is 5.32 Å². The van der Waals surface area contributed by atoms with Gasteiger partial charge >= 0.3 is 11.8 Å². The van der Waals surface area contributed by atoms with E-state index in [1.165, 1.54) is 0 Å². The van der Waals surface area contributed by atoms with Crippen LogP contribution in [0, 0.1) is 11.6 Å². The van der Waals surface area contributed by atoms with Crippen LogP contribution in [0.3, 0.4) is 0 Å². The molecule has 21 heavy (non-hydrogen) atoms. The second-order valence-corrected chi connectivity index (χ2v) is 4.69. The fourth-order valence-electron chi connectivity index (χ4n) is 1.60. The highest BCUT2D eigenvalue weighted by Gasteiger charge is 2.25. The van der Waals surface area contributed by atoms with Gasteiger partial charge in [-0.25, -0.2) is 8.78 Å². The average molecular weight is 300 g/mol. The summed E-state index contributed by atoms with van der Waals surface area (Å²) in [5, 5.41) is 14.2. The van der Waals surface area contributed by atoms with E-state index >= 15 is 0 Å². The van der Waals surface area contributed by atoms with Crippen LogP contribution in [-0.4, -0.2) is 29.1 Å². The molecule has 0 aliphatic rings. The van der Waals surface area contributed by atoms with Crippen LogP contribution in [0.4, 0.5) is 14.5 Å². The molecule has 0 spiro atoms. The maximum absolute atomic E-state index is 13.3. The Bertz CT molecular complexity index is 531. The molecule has 0 aliphatic heterocycles. The topological polar surface area (TPSA) is 78.4 Å². The summed E-state index contributed by atoms with van der Waals surface area (Å²) in [4.78, 5) is 23.1. The van der Waals surface area contributed by atoms with Crippen molar-refractivity contribution >= 4 is 17.5 Å². The Balaban J connectivity index is 2.63. The van der Waals surface area contributed by atoms with Crippen LogP contribution in [0.5, 0.6) is 0 Å². The van der Waals surface area contributed by atoms with Crippen molar-refractivity contribution in [2.75, 3.05) is 11.9 Å². The Kier molecular flexibility index (Phi) is 5.78. The van der Waals surface area contributed by atoms with Crippen LogP contribution >= 0.6 is 0 Å². The highest BCUT2D eigenvalue weighted by atomic mass is 19.1. The number of carbonyl (C=O) groups is 2. The Morgan fingerprint density at radius 3 is 2.38 bits per heavy atom. The zero-order valence-electron chi connectivity index (χ0n) is 11.9. The van der Waals surface area contributed by atoms with Gasteiger partial charge in [0.15, 0.2) is 0 Å². The van der Waals surface area contributed by atoms with Gasteiger partial charge in [-0.2, -0.15) is 0 Å². The fourth-order valence-corrected chi connectivity index (χ4v) is 1.60. The smallest absolute Gasteiger partial charge is 0.313 e. The molecule has 0 aromatic heterocycles. The molecule has 0 fully saturated rings. The van der Waals surface area contributed by atoms with E-state index in [-0.39, 0.29) is 6.54 Å². The van der Waals surface area contributed by atoms with Crippen LogP contribution in [0.2, 0.25) is 0 Å². The maximum atomic E-state index is 13.3. The molecule has 0 radical (unpaired) electrons. The van der Waals surface area contributed by atoms with Crippen molar-refractivity contribution in [3.05, 3.63) is 29.8 Å². The first-order chi connectivity index (χ1) is 9.81. The molecule has 3 N–H and O–H groups in total. The van der Waals surface area contributed by atoms with E-state index in [0.29, 0.717) is 12.8 Å². The van der Waals surface area contributed by atoms with E-state index in [0.717, 1.165) is 18.2 Å². The highest BCUT2D eigenvalue weighted by Crippen LogP contribution is 2.15. The number of benzene rings is 1. The number of halogens is 2. The van der Waals surface area contributed by atoms with E-state index in [2.05, 4.69) is 5.32 Å². The SMILES string of the molecule is CCC(O)(CC)CNC(=O)C(=O)Nc1cc(F)ccc1F. The van der Waals surface area contributed by atoms with Crippen LogP contribution < -0.4 is 10.6 Å².